The molecule has 2 aromatic carbocycles. The summed E-state index contributed by atoms with van der Waals surface area (Å²) in [6.07, 6.45) is 0.893. The monoisotopic (exact) mass is 415 g/mol. The second kappa shape index (κ2) is 10.3. The first-order valence-electron chi connectivity index (χ1n) is 10.0. The molecule has 3 rings (SSSR count). The highest BCUT2D eigenvalue weighted by molar-refractivity contribution is 7.80. The van der Waals surface area contributed by atoms with Gasteiger partial charge in [-0.25, -0.2) is 4.39 Å². The van der Waals surface area contributed by atoms with Gasteiger partial charge in [-0.15, -0.1) is 0 Å². The van der Waals surface area contributed by atoms with Crippen LogP contribution < -0.4 is 15.5 Å². The molecule has 29 heavy (non-hydrogen) atoms. The molecule has 2 aromatic rings. The average Bonchev–Trinajstić information content (AvgIpc) is 2.74. The van der Waals surface area contributed by atoms with Gasteiger partial charge in [-0.2, -0.15) is 0 Å². The van der Waals surface area contributed by atoms with Crippen molar-refractivity contribution in [1.29, 1.82) is 0 Å². The van der Waals surface area contributed by atoms with Crippen molar-refractivity contribution >= 4 is 28.9 Å². The maximum absolute atomic E-state index is 13.0. The lowest BCUT2D eigenvalue weighted by Gasteiger charge is -2.33. The number of rotatable bonds is 6. The van der Waals surface area contributed by atoms with Gasteiger partial charge < -0.3 is 20.4 Å². The van der Waals surface area contributed by atoms with E-state index < -0.39 is 0 Å². The quantitative estimate of drug-likeness (QED) is 0.628. The molecule has 1 aliphatic rings. The van der Waals surface area contributed by atoms with Crippen LogP contribution in [0.5, 0.6) is 0 Å². The first kappa shape index (κ1) is 21.2. The summed E-state index contributed by atoms with van der Waals surface area (Å²) < 4.78 is 13.0. The second-order valence-electron chi connectivity index (χ2n) is 7.26. The molecule has 1 heterocycles. The number of hydrogen-bond donors (Lipinski definition) is 3. The van der Waals surface area contributed by atoms with E-state index >= 15 is 0 Å². The number of quaternary nitrogens is 1. The molecule has 0 bridgehead atoms. The predicted molar refractivity (Wildman–Crippen MR) is 117 cm³/mol. The first-order chi connectivity index (χ1) is 14.0. The lowest BCUT2D eigenvalue weighted by atomic mass is 10.1. The van der Waals surface area contributed by atoms with Gasteiger partial charge in [-0.3, -0.25) is 4.79 Å². The van der Waals surface area contributed by atoms with E-state index in [0.717, 1.165) is 49.4 Å². The van der Waals surface area contributed by atoms with E-state index in [0.29, 0.717) is 18.2 Å². The number of benzene rings is 2. The van der Waals surface area contributed by atoms with Crippen LogP contribution in [-0.2, 0) is 17.8 Å². The van der Waals surface area contributed by atoms with Crippen LogP contribution >= 0.6 is 12.2 Å². The largest absolute Gasteiger partial charge is 0.358 e. The SMILES string of the molecule is CCc1ccccc1NC(=O)C[NH+]1CCN(C(=S)NCc2ccc(F)cc2)CC1. The molecule has 0 spiro atoms. The molecule has 0 atom stereocenters. The molecular formula is C22H28FN4OS+. The van der Waals surface area contributed by atoms with Crippen LogP contribution in [-0.4, -0.2) is 48.6 Å². The molecule has 3 N–H and O–H groups in total. The van der Waals surface area contributed by atoms with Crippen molar-refractivity contribution in [2.24, 2.45) is 0 Å². The number of aryl methyl sites for hydroxylation is 1. The number of amides is 1. The topological polar surface area (TPSA) is 48.8 Å². The Kier molecular flexibility index (Phi) is 7.55. The van der Waals surface area contributed by atoms with Gasteiger partial charge in [0.2, 0.25) is 0 Å². The molecule has 1 aliphatic heterocycles. The van der Waals surface area contributed by atoms with Crippen LogP contribution in [0.3, 0.4) is 0 Å². The Morgan fingerprint density at radius 1 is 1.14 bits per heavy atom. The molecule has 0 radical (unpaired) electrons. The molecule has 1 amide bonds. The lowest BCUT2D eigenvalue weighted by molar-refractivity contribution is -0.895. The van der Waals surface area contributed by atoms with E-state index in [4.69, 9.17) is 12.2 Å². The minimum Gasteiger partial charge on any atom is -0.358 e. The number of nitrogens with one attached hydrogen (secondary N) is 3. The van der Waals surface area contributed by atoms with Crippen LogP contribution in [0.1, 0.15) is 18.1 Å². The predicted octanol–water partition coefficient (Wildman–Crippen LogP) is 1.60. The zero-order valence-electron chi connectivity index (χ0n) is 16.7. The Morgan fingerprint density at radius 2 is 1.83 bits per heavy atom. The summed E-state index contributed by atoms with van der Waals surface area (Å²) in [7, 11) is 0. The van der Waals surface area contributed by atoms with Gasteiger partial charge in [-0.05, 0) is 48.0 Å². The first-order valence-corrected chi connectivity index (χ1v) is 10.4. The molecule has 7 heteroatoms. The molecule has 1 fully saturated rings. The number of carbonyl (C=O) groups is 1. The minimum atomic E-state index is -0.238. The summed E-state index contributed by atoms with van der Waals surface area (Å²) in [4.78, 5) is 15.8. The number of carbonyl (C=O) groups excluding carboxylic acids is 1. The third kappa shape index (κ3) is 6.24. The smallest absolute Gasteiger partial charge is 0.279 e. The van der Waals surface area contributed by atoms with E-state index in [9.17, 15) is 9.18 Å². The summed E-state index contributed by atoms with van der Waals surface area (Å²) in [5.74, 6) is -0.191. The third-order valence-corrected chi connectivity index (χ3v) is 5.60. The van der Waals surface area contributed by atoms with Gasteiger partial charge in [-0.1, -0.05) is 37.3 Å². The van der Waals surface area contributed by atoms with Crippen LogP contribution in [0.15, 0.2) is 48.5 Å². The zero-order valence-corrected chi connectivity index (χ0v) is 17.5. The summed E-state index contributed by atoms with van der Waals surface area (Å²) >= 11 is 5.49. The van der Waals surface area contributed by atoms with Crippen molar-refractivity contribution in [2.75, 3.05) is 38.0 Å². The van der Waals surface area contributed by atoms with Gasteiger partial charge in [0.05, 0.1) is 26.2 Å². The van der Waals surface area contributed by atoms with Crippen molar-refractivity contribution < 1.29 is 14.1 Å². The van der Waals surface area contributed by atoms with E-state index in [1.54, 1.807) is 12.1 Å². The summed E-state index contributed by atoms with van der Waals surface area (Å²) in [5, 5.41) is 6.99. The Bertz CT molecular complexity index is 835. The third-order valence-electron chi connectivity index (χ3n) is 5.20. The maximum atomic E-state index is 13.0. The average molecular weight is 416 g/mol. The van der Waals surface area contributed by atoms with Crippen molar-refractivity contribution in [2.45, 2.75) is 19.9 Å². The van der Waals surface area contributed by atoms with Gasteiger partial charge in [0.25, 0.3) is 5.91 Å². The number of anilines is 1. The Labute approximate surface area is 176 Å². The fraction of sp³-hybridized carbons (Fsp3) is 0.364. The van der Waals surface area contributed by atoms with Crippen molar-refractivity contribution in [3.63, 3.8) is 0 Å². The maximum Gasteiger partial charge on any atom is 0.279 e. The lowest BCUT2D eigenvalue weighted by Crippen LogP contribution is -3.15. The highest BCUT2D eigenvalue weighted by atomic mass is 32.1. The zero-order chi connectivity index (χ0) is 20.6. The normalized spacial score (nSPS) is 14.5. The van der Waals surface area contributed by atoms with Crippen LogP contribution in [0.2, 0.25) is 0 Å². The minimum absolute atomic E-state index is 0.0476. The van der Waals surface area contributed by atoms with Crippen molar-refractivity contribution in [3.05, 3.63) is 65.5 Å². The standard InChI is InChI=1S/C22H27FN4OS/c1-2-18-5-3-4-6-20(18)25-21(28)16-26-11-13-27(14-12-26)22(29)24-15-17-7-9-19(23)10-8-17/h3-10H,2,11-16H2,1H3,(H,24,29)(H,25,28)/p+1. The van der Waals surface area contributed by atoms with Gasteiger partial charge in [0.15, 0.2) is 11.7 Å². The number of para-hydroxylation sites is 1. The molecule has 0 saturated carbocycles. The Balaban J connectivity index is 1.41. The highest BCUT2D eigenvalue weighted by Gasteiger charge is 2.23. The number of hydrogen-bond acceptors (Lipinski definition) is 2. The number of piperazine rings is 1. The molecule has 0 aliphatic carbocycles. The van der Waals surface area contributed by atoms with E-state index in [-0.39, 0.29) is 11.7 Å². The fourth-order valence-corrected chi connectivity index (χ4v) is 3.72. The van der Waals surface area contributed by atoms with Crippen LogP contribution in [0.4, 0.5) is 10.1 Å². The highest BCUT2D eigenvalue weighted by Crippen LogP contribution is 2.14. The molecule has 0 aromatic heterocycles. The van der Waals surface area contributed by atoms with Crippen molar-refractivity contribution in [3.8, 4) is 0 Å². The number of nitrogens with zero attached hydrogens (tertiary/aromatic N) is 1. The van der Waals surface area contributed by atoms with E-state index in [1.807, 2.05) is 24.3 Å². The number of thiocarbonyl (C=S) groups is 1. The molecule has 0 unspecified atom stereocenters. The van der Waals surface area contributed by atoms with Crippen molar-refractivity contribution in [1.82, 2.24) is 10.2 Å². The Hall–Kier alpha value is -2.51. The van der Waals surface area contributed by atoms with Crippen LogP contribution in [0.25, 0.3) is 0 Å². The number of halogens is 1. The van der Waals surface area contributed by atoms with Gasteiger partial charge >= 0.3 is 0 Å². The summed E-state index contributed by atoms with van der Waals surface area (Å²) in [5.41, 5.74) is 3.05. The summed E-state index contributed by atoms with van der Waals surface area (Å²) in [6.45, 7) is 6.46. The molecular weight excluding hydrogens is 387 g/mol. The molecule has 1 saturated heterocycles. The fourth-order valence-electron chi connectivity index (χ4n) is 3.47. The second-order valence-corrected chi connectivity index (χ2v) is 7.64. The molecule has 5 nitrogen and oxygen atoms in total. The summed E-state index contributed by atoms with van der Waals surface area (Å²) in [6, 6.07) is 14.3. The van der Waals surface area contributed by atoms with E-state index in [1.165, 1.54) is 17.0 Å². The van der Waals surface area contributed by atoms with Gasteiger partial charge in [0.1, 0.15) is 5.82 Å². The van der Waals surface area contributed by atoms with Crippen LogP contribution in [0, 0.1) is 5.82 Å². The van der Waals surface area contributed by atoms with E-state index in [2.05, 4.69) is 22.5 Å². The Morgan fingerprint density at radius 3 is 2.52 bits per heavy atom. The molecule has 154 valence electrons. The van der Waals surface area contributed by atoms with Gasteiger partial charge in [0, 0.05) is 12.2 Å².